The van der Waals surface area contributed by atoms with Gasteiger partial charge in [-0.05, 0) is 44.4 Å². The van der Waals surface area contributed by atoms with E-state index in [4.69, 9.17) is 9.47 Å². The molecule has 2 bridgehead atoms. The zero-order valence-electron chi connectivity index (χ0n) is 19.3. The number of benzene rings is 1. The molecule has 1 amide bonds. The number of Topliss-reactive ketones (excluding diaryl/α,β-unsaturated/α-hetero) is 1. The quantitative estimate of drug-likeness (QED) is 0.542. The summed E-state index contributed by atoms with van der Waals surface area (Å²) in [5.41, 5.74) is -2.07. The van der Waals surface area contributed by atoms with Crippen LogP contribution in [0.1, 0.15) is 48.5 Å². The van der Waals surface area contributed by atoms with Gasteiger partial charge in [0, 0.05) is 5.54 Å². The van der Waals surface area contributed by atoms with Crippen molar-refractivity contribution in [2.24, 2.45) is 0 Å². The van der Waals surface area contributed by atoms with Crippen LogP contribution < -0.4 is 14.8 Å². The zero-order valence-corrected chi connectivity index (χ0v) is 19.3. The summed E-state index contributed by atoms with van der Waals surface area (Å²) in [6.45, 7) is 0.759. The molecule has 1 aliphatic heterocycles. The first-order valence-corrected chi connectivity index (χ1v) is 11.3. The standard InChI is InChI=1S/C23H21F6N3O5/c1-12(8-35-23(27,28)29)36-14-6-30-32(7-14)21-9-20(10-21,11-21)31-19(34)18-5-16(33)15-4-13(22(24,25)26)2-3-17(15)37-18/h2-4,6-7,12,18H,5,8-11H2,1H3,(H,31,34)/t12-,18+,20?,21?/m0/s1. The third-order valence-corrected chi connectivity index (χ3v) is 6.79. The van der Waals surface area contributed by atoms with E-state index in [2.05, 4.69) is 15.2 Å². The molecule has 0 radical (unpaired) electrons. The summed E-state index contributed by atoms with van der Waals surface area (Å²) in [4.78, 5) is 25.2. The maximum absolute atomic E-state index is 12.9. The summed E-state index contributed by atoms with van der Waals surface area (Å²) >= 11 is 0. The first kappa shape index (κ1) is 25.4. The second-order valence-electron chi connectivity index (χ2n) is 9.77. The Kier molecular flexibility index (Phi) is 5.73. The molecule has 2 aromatic rings. The summed E-state index contributed by atoms with van der Waals surface area (Å²) in [5, 5.41) is 7.12. The number of nitrogens with zero attached hydrogens (tertiary/aromatic N) is 2. The molecule has 2 atom stereocenters. The van der Waals surface area contributed by atoms with E-state index in [1.165, 1.54) is 13.1 Å². The number of ether oxygens (including phenoxy) is 3. The van der Waals surface area contributed by atoms with Crippen molar-refractivity contribution >= 4 is 11.7 Å². The molecule has 3 fully saturated rings. The average Bonchev–Trinajstić information content (AvgIpc) is 3.20. The minimum absolute atomic E-state index is 0.0719. The van der Waals surface area contributed by atoms with Crippen molar-refractivity contribution in [3.63, 3.8) is 0 Å². The van der Waals surface area contributed by atoms with E-state index >= 15 is 0 Å². The second kappa shape index (κ2) is 8.36. The Balaban J connectivity index is 1.15. The number of halogens is 6. The highest BCUT2D eigenvalue weighted by Crippen LogP contribution is 2.65. The topological polar surface area (TPSA) is 91.7 Å². The van der Waals surface area contributed by atoms with Crippen molar-refractivity contribution in [2.45, 2.75) is 68.4 Å². The Morgan fingerprint density at radius 2 is 1.95 bits per heavy atom. The van der Waals surface area contributed by atoms with Crippen LogP contribution >= 0.6 is 0 Å². The molecule has 200 valence electrons. The van der Waals surface area contributed by atoms with Crippen molar-refractivity contribution < 1.29 is 50.1 Å². The smallest absolute Gasteiger partial charge is 0.485 e. The average molecular weight is 533 g/mol. The number of carbonyl (C=O) groups excluding carboxylic acids is 2. The number of nitrogens with one attached hydrogen (secondary N) is 1. The van der Waals surface area contributed by atoms with E-state index in [1.807, 2.05) is 0 Å². The van der Waals surface area contributed by atoms with E-state index < -0.39 is 54.1 Å². The van der Waals surface area contributed by atoms with Gasteiger partial charge in [-0.25, -0.2) is 0 Å². The lowest BCUT2D eigenvalue weighted by Crippen LogP contribution is -2.79. The van der Waals surface area contributed by atoms with Crippen LogP contribution in [0.4, 0.5) is 26.3 Å². The van der Waals surface area contributed by atoms with E-state index in [-0.39, 0.29) is 29.0 Å². The second-order valence-corrected chi connectivity index (χ2v) is 9.77. The highest BCUT2D eigenvalue weighted by Gasteiger charge is 2.70. The van der Waals surface area contributed by atoms with Crippen LogP contribution in [0, 0.1) is 0 Å². The lowest BCUT2D eigenvalue weighted by molar-refractivity contribution is -0.329. The van der Waals surface area contributed by atoms with Gasteiger partial charge in [-0.3, -0.25) is 19.0 Å². The van der Waals surface area contributed by atoms with Crippen LogP contribution in [0.25, 0.3) is 0 Å². The number of amides is 1. The molecule has 1 N–H and O–H groups in total. The monoisotopic (exact) mass is 533 g/mol. The number of hydrogen-bond donors (Lipinski definition) is 1. The molecule has 4 aliphatic rings. The Morgan fingerprint density at radius 3 is 2.59 bits per heavy atom. The van der Waals surface area contributed by atoms with E-state index in [0.717, 1.165) is 18.2 Å². The molecule has 3 saturated carbocycles. The molecule has 0 spiro atoms. The number of ketones is 1. The molecule has 8 nitrogen and oxygen atoms in total. The Morgan fingerprint density at radius 1 is 1.24 bits per heavy atom. The molecule has 6 rings (SSSR count). The van der Waals surface area contributed by atoms with Gasteiger partial charge in [0.25, 0.3) is 5.91 Å². The first-order chi connectivity index (χ1) is 17.2. The number of rotatable bonds is 7. The van der Waals surface area contributed by atoms with Gasteiger partial charge in [-0.15, -0.1) is 13.2 Å². The van der Waals surface area contributed by atoms with Gasteiger partial charge in [0.05, 0.1) is 42.1 Å². The van der Waals surface area contributed by atoms with E-state index in [9.17, 15) is 35.9 Å². The predicted octanol–water partition coefficient (Wildman–Crippen LogP) is 3.99. The molecule has 3 aliphatic carbocycles. The Bertz CT molecular complexity index is 1220. The van der Waals surface area contributed by atoms with Crippen LogP contribution in [0.3, 0.4) is 0 Å². The Hall–Kier alpha value is -3.29. The van der Waals surface area contributed by atoms with Crippen LogP contribution in [0.5, 0.6) is 11.5 Å². The number of fused-ring (bicyclic) bond motifs is 1. The maximum Gasteiger partial charge on any atom is 0.522 e. The Labute approximate surface area is 205 Å². The number of alkyl halides is 6. The molecule has 0 saturated heterocycles. The summed E-state index contributed by atoms with van der Waals surface area (Å²) in [7, 11) is 0. The fourth-order valence-corrected chi connectivity index (χ4v) is 5.20. The van der Waals surface area contributed by atoms with E-state index in [0.29, 0.717) is 19.3 Å². The SMILES string of the molecule is C[C@@H](COC(F)(F)F)Oc1cnn(C23CC(NC(=O)[C@H]4CC(=O)c5cc(C(F)(F)F)ccc5O4)(C2)C3)c1. The molecule has 37 heavy (non-hydrogen) atoms. The molecule has 14 heteroatoms. The van der Waals surface area contributed by atoms with E-state index in [1.54, 1.807) is 10.9 Å². The number of aromatic nitrogens is 2. The lowest BCUT2D eigenvalue weighted by Gasteiger charge is -2.70. The van der Waals surface area contributed by atoms with Crippen molar-refractivity contribution in [3.8, 4) is 11.5 Å². The van der Waals surface area contributed by atoms with Crippen LogP contribution in [0.2, 0.25) is 0 Å². The van der Waals surface area contributed by atoms with Crippen molar-refractivity contribution in [3.05, 3.63) is 41.7 Å². The molecule has 0 unspecified atom stereocenters. The highest BCUT2D eigenvalue weighted by atomic mass is 19.4. The van der Waals surface area contributed by atoms with Gasteiger partial charge in [0.2, 0.25) is 0 Å². The lowest BCUT2D eigenvalue weighted by atomic mass is 9.44. The van der Waals surface area contributed by atoms with Gasteiger partial charge >= 0.3 is 12.5 Å². The van der Waals surface area contributed by atoms with Crippen molar-refractivity contribution in [2.75, 3.05) is 6.61 Å². The summed E-state index contributed by atoms with van der Waals surface area (Å²) in [6, 6.07) is 2.56. The van der Waals surface area contributed by atoms with Gasteiger partial charge in [0.1, 0.15) is 11.9 Å². The summed E-state index contributed by atoms with van der Waals surface area (Å²) in [6.07, 6.45) is -7.19. The van der Waals surface area contributed by atoms with Gasteiger partial charge in [-0.2, -0.15) is 18.3 Å². The van der Waals surface area contributed by atoms with Crippen LogP contribution in [-0.4, -0.2) is 52.2 Å². The molecular formula is C23H21F6N3O5. The minimum atomic E-state index is -4.75. The first-order valence-electron chi connectivity index (χ1n) is 11.3. The fraction of sp³-hybridized carbons (Fsp3) is 0.522. The van der Waals surface area contributed by atoms with Crippen molar-refractivity contribution in [1.29, 1.82) is 0 Å². The third-order valence-electron chi connectivity index (χ3n) is 6.79. The molecule has 1 aromatic heterocycles. The van der Waals surface area contributed by atoms with Crippen LogP contribution in [0.15, 0.2) is 30.6 Å². The summed E-state index contributed by atoms with van der Waals surface area (Å²) < 4.78 is 91.7. The van der Waals surface area contributed by atoms with Crippen molar-refractivity contribution in [1.82, 2.24) is 15.1 Å². The molecule has 1 aromatic carbocycles. The van der Waals surface area contributed by atoms with Gasteiger partial charge in [0.15, 0.2) is 17.6 Å². The molecular weight excluding hydrogens is 512 g/mol. The fourth-order valence-electron chi connectivity index (χ4n) is 5.20. The van der Waals surface area contributed by atoms with Crippen LogP contribution in [-0.2, 0) is 21.2 Å². The van der Waals surface area contributed by atoms with Gasteiger partial charge < -0.3 is 14.8 Å². The third kappa shape index (κ3) is 4.86. The molecule has 2 heterocycles. The highest BCUT2D eigenvalue weighted by molar-refractivity contribution is 6.03. The largest absolute Gasteiger partial charge is 0.522 e. The number of hydrogen-bond acceptors (Lipinski definition) is 6. The predicted molar refractivity (Wildman–Crippen MR) is 112 cm³/mol. The normalized spacial score (nSPS) is 27.3. The maximum atomic E-state index is 12.9. The summed E-state index contributed by atoms with van der Waals surface area (Å²) in [5.74, 6) is -0.935. The number of carbonyl (C=O) groups is 2. The zero-order chi connectivity index (χ0) is 26.8. The van der Waals surface area contributed by atoms with Gasteiger partial charge in [-0.1, -0.05) is 0 Å². The minimum Gasteiger partial charge on any atom is -0.485 e.